The largest absolute Gasteiger partial charge is 0.378 e. The van der Waals surface area contributed by atoms with Crippen molar-refractivity contribution in [1.82, 2.24) is 9.97 Å². The Labute approximate surface area is 116 Å². The molecule has 0 aromatic carbocycles. The van der Waals surface area contributed by atoms with Crippen LogP contribution in [0.15, 0.2) is 0 Å². The molecule has 6 nitrogen and oxygen atoms in total. The fourth-order valence-corrected chi connectivity index (χ4v) is 2.74. The summed E-state index contributed by atoms with van der Waals surface area (Å²) in [5.74, 6) is 0.500. The fourth-order valence-electron chi connectivity index (χ4n) is 2.57. The van der Waals surface area contributed by atoms with Crippen molar-refractivity contribution >= 4 is 29.0 Å². The molecule has 1 amide bonds. The van der Waals surface area contributed by atoms with E-state index in [0.717, 1.165) is 24.6 Å². The molecule has 19 heavy (non-hydrogen) atoms. The molecule has 1 aromatic rings. The van der Waals surface area contributed by atoms with E-state index in [1.165, 1.54) is 0 Å². The number of halogens is 1. The van der Waals surface area contributed by atoms with Gasteiger partial charge in [0, 0.05) is 20.1 Å². The van der Waals surface area contributed by atoms with Crippen molar-refractivity contribution in [2.45, 2.75) is 12.8 Å². The van der Waals surface area contributed by atoms with E-state index >= 15 is 0 Å². The topological polar surface area (TPSA) is 58.6 Å². The minimum absolute atomic E-state index is 0.0288. The van der Waals surface area contributed by atoms with Gasteiger partial charge in [-0.05, 0) is 18.5 Å². The molecule has 3 rings (SSSR count). The van der Waals surface area contributed by atoms with Crippen molar-refractivity contribution in [2.75, 3.05) is 43.2 Å². The van der Waals surface area contributed by atoms with Gasteiger partial charge in [0.1, 0.15) is 5.69 Å². The Morgan fingerprint density at radius 2 is 2.00 bits per heavy atom. The first-order chi connectivity index (χ1) is 9.09. The molecule has 0 N–H and O–H groups in total. The van der Waals surface area contributed by atoms with Gasteiger partial charge < -0.3 is 14.5 Å². The molecule has 2 aliphatic heterocycles. The zero-order valence-electron chi connectivity index (χ0n) is 10.9. The summed E-state index contributed by atoms with van der Waals surface area (Å²) < 4.78 is 5.34. The highest BCUT2D eigenvalue weighted by Gasteiger charge is 2.38. The van der Waals surface area contributed by atoms with Crippen LogP contribution >= 0.6 is 11.6 Å². The molecule has 1 atom stereocenters. The lowest BCUT2D eigenvalue weighted by Crippen LogP contribution is -2.38. The van der Waals surface area contributed by atoms with Crippen LogP contribution in [0, 0.1) is 0 Å². The molecular formula is C12H15ClN4O2. The second-order valence-electron chi connectivity index (χ2n) is 4.77. The molecule has 7 heteroatoms. The van der Waals surface area contributed by atoms with Gasteiger partial charge in [-0.2, -0.15) is 4.98 Å². The van der Waals surface area contributed by atoms with Crippen LogP contribution in [0.3, 0.4) is 0 Å². The molecule has 0 saturated carbocycles. The highest BCUT2D eigenvalue weighted by molar-refractivity contribution is 6.28. The summed E-state index contributed by atoms with van der Waals surface area (Å²) in [5, 5.41) is 0.190. The van der Waals surface area contributed by atoms with Gasteiger partial charge >= 0.3 is 0 Å². The normalized spacial score (nSPS) is 22.9. The van der Waals surface area contributed by atoms with E-state index in [0.29, 0.717) is 18.9 Å². The summed E-state index contributed by atoms with van der Waals surface area (Å²) in [6.07, 6.45) is 0. The maximum atomic E-state index is 12.1. The van der Waals surface area contributed by atoms with Gasteiger partial charge in [0.25, 0.3) is 0 Å². The number of morpholine rings is 1. The monoisotopic (exact) mass is 282 g/mol. The van der Waals surface area contributed by atoms with E-state index in [-0.39, 0.29) is 17.1 Å². The maximum Gasteiger partial charge on any atom is 0.235 e. The Morgan fingerprint density at radius 1 is 1.32 bits per heavy atom. The van der Waals surface area contributed by atoms with Crippen LogP contribution in [-0.4, -0.2) is 49.2 Å². The summed E-state index contributed by atoms with van der Waals surface area (Å²) in [6.45, 7) is 4.65. The Kier molecular flexibility index (Phi) is 3.06. The fraction of sp³-hybridized carbons (Fsp3) is 0.583. The number of anilines is 2. The number of hydrogen-bond acceptors (Lipinski definition) is 5. The number of rotatable bonds is 1. The molecule has 3 heterocycles. The Hall–Kier alpha value is -1.40. The van der Waals surface area contributed by atoms with Crippen molar-refractivity contribution in [2.24, 2.45) is 0 Å². The first kappa shape index (κ1) is 12.6. The number of ether oxygens (including phenoxy) is 1. The molecule has 1 saturated heterocycles. The van der Waals surface area contributed by atoms with E-state index < -0.39 is 0 Å². The lowest BCUT2D eigenvalue weighted by Gasteiger charge is -2.30. The van der Waals surface area contributed by atoms with Crippen LogP contribution in [0.25, 0.3) is 0 Å². The number of amides is 1. The van der Waals surface area contributed by atoms with Crippen LogP contribution in [0.4, 0.5) is 11.5 Å². The number of carbonyl (C=O) groups excluding carboxylic acids is 1. The molecule has 1 fully saturated rings. The van der Waals surface area contributed by atoms with Crippen LogP contribution < -0.4 is 9.80 Å². The molecule has 2 aliphatic rings. The third-order valence-corrected chi connectivity index (χ3v) is 3.79. The summed E-state index contributed by atoms with van der Waals surface area (Å²) >= 11 is 6.00. The molecular weight excluding hydrogens is 268 g/mol. The lowest BCUT2D eigenvalue weighted by molar-refractivity contribution is -0.118. The molecule has 0 radical (unpaired) electrons. The predicted octanol–water partition coefficient (Wildman–Crippen LogP) is 1.05. The zero-order valence-corrected chi connectivity index (χ0v) is 11.6. The standard InChI is InChI=1S/C12H15ClN4O2/c1-7-8-9(16(2)11(7)18)10(15-12(13)14-8)17-3-5-19-6-4-17/h7H,3-6H2,1-2H3. The quantitative estimate of drug-likeness (QED) is 0.721. The van der Waals surface area contributed by atoms with Gasteiger partial charge in [-0.25, -0.2) is 4.98 Å². The average Bonchev–Trinajstić information content (AvgIpc) is 2.64. The maximum absolute atomic E-state index is 12.1. The van der Waals surface area contributed by atoms with Crippen molar-refractivity contribution in [3.05, 3.63) is 11.0 Å². The first-order valence-electron chi connectivity index (χ1n) is 6.27. The number of fused-ring (bicyclic) bond motifs is 1. The SMILES string of the molecule is CC1C(=O)N(C)c2c1nc(Cl)nc2N1CCOCC1. The van der Waals surface area contributed by atoms with Gasteiger partial charge in [0.2, 0.25) is 11.2 Å². The summed E-state index contributed by atoms with van der Waals surface area (Å²) in [6, 6.07) is 0. The highest BCUT2D eigenvalue weighted by atomic mass is 35.5. The van der Waals surface area contributed by atoms with Gasteiger partial charge in [-0.15, -0.1) is 0 Å². The van der Waals surface area contributed by atoms with Gasteiger partial charge in [-0.1, -0.05) is 0 Å². The molecule has 0 aliphatic carbocycles. The number of carbonyl (C=O) groups is 1. The summed E-state index contributed by atoms with van der Waals surface area (Å²) in [4.78, 5) is 24.3. The number of nitrogens with zero attached hydrogens (tertiary/aromatic N) is 4. The van der Waals surface area contributed by atoms with Crippen molar-refractivity contribution in [3.63, 3.8) is 0 Å². The van der Waals surface area contributed by atoms with Crippen molar-refractivity contribution in [3.8, 4) is 0 Å². The second-order valence-corrected chi connectivity index (χ2v) is 5.11. The minimum atomic E-state index is -0.264. The highest BCUT2D eigenvalue weighted by Crippen LogP contribution is 2.41. The third-order valence-electron chi connectivity index (χ3n) is 3.62. The lowest BCUT2D eigenvalue weighted by atomic mass is 10.1. The predicted molar refractivity (Wildman–Crippen MR) is 71.9 cm³/mol. The zero-order chi connectivity index (χ0) is 13.6. The van der Waals surface area contributed by atoms with Crippen LogP contribution in [0.5, 0.6) is 0 Å². The number of aromatic nitrogens is 2. The van der Waals surface area contributed by atoms with Gasteiger partial charge in [0.05, 0.1) is 24.8 Å². The summed E-state index contributed by atoms with van der Waals surface area (Å²) in [5.41, 5.74) is 1.50. The minimum Gasteiger partial charge on any atom is -0.378 e. The molecule has 1 aromatic heterocycles. The van der Waals surface area contributed by atoms with E-state index in [2.05, 4.69) is 14.9 Å². The number of likely N-dealkylation sites (N-methyl/N-ethyl adjacent to an activating group) is 1. The van der Waals surface area contributed by atoms with E-state index in [1.54, 1.807) is 11.9 Å². The van der Waals surface area contributed by atoms with Crippen molar-refractivity contribution in [1.29, 1.82) is 0 Å². The molecule has 102 valence electrons. The molecule has 1 unspecified atom stereocenters. The van der Waals surface area contributed by atoms with Gasteiger partial charge in [0.15, 0.2) is 5.82 Å². The smallest absolute Gasteiger partial charge is 0.235 e. The summed E-state index contributed by atoms with van der Waals surface area (Å²) in [7, 11) is 1.76. The van der Waals surface area contributed by atoms with Crippen molar-refractivity contribution < 1.29 is 9.53 Å². The van der Waals surface area contributed by atoms with Crippen LogP contribution in [-0.2, 0) is 9.53 Å². The van der Waals surface area contributed by atoms with Crippen LogP contribution in [0.2, 0.25) is 5.28 Å². The second kappa shape index (κ2) is 4.61. The van der Waals surface area contributed by atoms with Gasteiger partial charge in [-0.3, -0.25) is 4.79 Å². The Bertz CT molecular complexity index is 531. The average molecular weight is 283 g/mol. The Morgan fingerprint density at radius 3 is 2.68 bits per heavy atom. The van der Waals surface area contributed by atoms with E-state index in [9.17, 15) is 4.79 Å². The molecule has 0 spiro atoms. The van der Waals surface area contributed by atoms with E-state index in [4.69, 9.17) is 16.3 Å². The van der Waals surface area contributed by atoms with E-state index in [1.807, 2.05) is 6.92 Å². The first-order valence-corrected chi connectivity index (χ1v) is 6.65. The van der Waals surface area contributed by atoms with Crippen LogP contribution in [0.1, 0.15) is 18.5 Å². The Balaban J connectivity index is 2.10. The molecule has 0 bridgehead atoms. The third kappa shape index (κ3) is 1.95. The number of hydrogen-bond donors (Lipinski definition) is 0.